The molecule has 0 N–H and O–H groups in total. The van der Waals surface area contributed by atoms with Crippen molar-refractivity contribution in [1.82, 2.24) is 0 Å². The number of Topliss-reactive ketones (excluding diaryl/α,β-unsaturated/α-hetero) is 1. The van der Waals surface area contributed by atoms with Gasteiger partial charge in [-0.3, -0.25) is 4.79 Å². The minimum absolute atomic E-state index is 0.192. The van der Waals surface area contributed by atoms with Crippen LogP contribution in [0.25, 0.3) is 0 Å². The second kappa shape index (κ2) is 5.48. The van der Waals surface area contributed by atoms with Crippen molar-refractivity contribution < 1.29 is 9.21 Å². The van der Waals surface area contributed by atoms with Crippen LogP contribution in [0.5, 0.6) is 0 Å². The lowest BCUT2D eigenvalue weighted by atomic mass is 9.94. The van der Waals surface area contributed by atoms with E-state index in [1.54, 1.807) is 25.1 Å². The molecule has 1 unspecified atom stereocenters. The molecule has 0 amide bonds. The lowest BCUT2D eigenvalue weighted by Crippen LogP contribution is -2.11. The first kappa shape index (κ1) is 13.7. The Hall–Kier alpha value is -1.76. The van der Waals surface area contributed by atoms with Crippen molar-refractivity contribution >= 4 is 29.0 Å². The average Bonchev–Trinajstić information content (AvgIpc) is 2.80. The molecule has 1 heterocycles. The maximum atomic E-state index is 12.3. The zero-order chi connectivity index (χ0) is 14.0. The van der Waals surface area contributed by atoms with E-state index in [9.17, 15) is 10.1 Å². The molecule has 0 aliphatic heterocycles. The van der Waals surface area contributed by atoms with Gasteiger partial charge in [0.15, 0.2) is 5.76 Å². The largest absolute Gasteiger partial charge is 0.461 e. The molecule has 0 bridgehead atoms. The Morgan fingerprint density at radius 3 is 2.58 bits per heavy atom. The van der Waals surface area contributed by atoms with Gasteiger partial charge in [0.05, 0.1) is 22.4 Å². The Morgan fingerprint density at radius 1 is 1.32 bits per heavy atom. The van der Waals surface area contributed by atoms with Crippen LogP contribution in [0.4, 0.5) is 0 Å². The maximum Gasteiger partial charge on any atom is 0.219 e. The second-order valence-corrected chi connectivity index (χ2v) is 4.85. The molecule has 1 aromatic carbocycles. The van der Waals surface area contributed by atoms with Crippen LogP contribution in [0.3, 0.4) is 0 Å². The molecule has 5 heteroatoms. The van der Waals surface area contributed by atoms with Gasteiger partial charge in [-0.05, 0) is 36.2 Å². The van der Waals surface area contributed by atoms with E-state index < -0.39 is 5.92 Å². The molecule has 0 saturated carbocycles. The number of aryl methyl sites for hydroxylation is 1. The van der Waals surface area contributed by atoms with Crippen molar-refractivity contribution in [3.8, 4) is 6.07 Å². The van der Waals surface area contributed by atoms with E-state index in [1.165, 1.54) is 12.3 Å². The molecule has 1 atom stereocenters. The first-order valence-corrected chi connectivity index (χ1v) is 6.23. The summed E-state index contributed by atoms with van der Waals surface area (Å²) in [6.45, 7) is 1.75. The molecule has 0 aliphatic rings. The average molecular weight is 294 g/mol. The summed E-state index contributed by atoms with van der Waals surface area (Å²) in [6.07, 6.45) is 1.42. The Labute approximate surface area is 120 Å². The van der Waals surface area contributed by atoms with Crippen molar-refractivity contribution in [3.63, 3.8) is 0 Å². The van der Waals surface area contributed by atoms with Crippen LogP contribution >= 0.6 is 23.2 Å². The highest BCUT2D eigenvalue weighted by molar-refractivity contribution is 6.42. The summed E-state index contributed by atoms with van der Waals surface area (Å²) >= 11 is 11.7. The summed E-state index contributed by atoms with van der Waals surface area (Å²) in [6, 6.07) is 8.34. The van der Waals surface area contributed by atoms with Gasteiger partial charge in [-0.25, -0.2) is 0 Å². The van der Waals surface area contributed by atoms with Crippen molar-refractivity contribution in [2.24, 2.45) is 0 Å². The third-order valence-corrected chi connectivity index (χ3v) is 3.49. The van der Waals surface area contributed by atoms with E-state index in [4.69, 9.17) is 27.6 Å². The normalized spacial score (nSPS) is 11.9. The fraction of sp³-hybridized carbons (Fsp3) is 0.143. The summed E-state index contributed by atoms with van der Waals surface area (Å²) in [5.41, 5.74) is 1.20. The van der Waals surface area contributed by atoms with Crippen molar-refractivity contribution in [3.05, 3.63) is 57.5 Å². The van der Waals surface area contributed by atoms with E-state index in [2.05, 4.69) is 0 Å². The number of hydrogen-bond acceptors (Lipinski definition) is 3. The molecule has 2 aromatic rings. The lowest BCUT2D eigenvalue weighted by Gasteiger charge is -2.08. The maximum absolute atomic E-state index is 12.3. The standard InChI is InChI=1S/C14H9Cl2NO2/c1-8-4-5-19-14(8)13(18)10(7-17)9-2-3-11(15)12(16)6-9/h2-6,10H,1H3. The minimum Gasteiger partial charge on any atom is -0.461 e. The molecule has 1 aromatic heterocycles. The molecule has 2 rings (SSSR count). The number of nitriles is 1. The van der Waals surface area contributed by atoms with E-state index in [0.717, 1.165) is 0 Å². The molecular formula is C14H9Cl2NO2. The summed E-state index contributed by atoms with van der Waals surface area (Å²) in [4.78, 5) is 12.3. The van der Waals surface area contributed by atoms with Crippen LogP contribution in [-0.2, 0) is 0 Å². The number of carbonyl (C=O) groups excluding carboxylic acids is 1. The van der Waals surface area contributed by atoms with Crippen molar-refractivity contribution in [2.75, 3.05) is 0 Å². The Bertz CT molecular complexity index is 670. The van der Waals surface area contributed by atoms with Gasteiger partial charge in [0.2, 0.25) is 5.78 Å². The molecule has 0 saturated heterocycles. The first-order valence-electron chi connectivity index (χ1n) is 5.47. The predicted octanol–water partition coefficient (Wildman–Crippen LogP) is 4.38. The summed E-state index contributed by atoms with van der Waals surface area (Å²) < 4.78 is 5.12. The van der Waals surface area contributed by atoms with Gasteiger partial charge < -0.3 is 4.42 Å². The van der Waals surface area contributed by atoms with Gasteiger partial charge in [-0.1, -0.05) is 29.3 Å². The third-order valence-electron chi connectivity index (χ3n) is 2.75. The fourth-order valence-corrected chi connectivity index (χ4v) is 2.04. The van der Waals surface area contributed by atoms with Gasteiger partial charge in [0, 0.05) is 0 Å². The fourth-order valence-electron chi connectivity index (χ4n) is 1.73. The van der Waals surface area contributed by atoms with E-state index in [-0.39, 0.29) is 11.5 Å². The van der Waals surface area contributed by atoms with E-state index >= 15 is 0 Å². The predicted molar refractivity (Wildman–Crippen MR) is 72.6 cm³/mol. The lowest BCUT2D eigenvalue weighted by molar-refractivity contribution is 0.0951. The Balaban J connectivity index is 2.41. The number of benzene rings is 1. The quantitative estimate of drug-likeness (QED) is 0.789. The molecule has 0 aliphatic carbocycles. The molecular weight excluding hydrogens is 285 g/mol. The van der Waals surface area contributed by atoms with Gasteiger partial charge in [-0.2, -0.15) is 5.26 Å². The first-order chi connectivity index (χ1) is 9.04. The summed E-state index contributed by atoms with van der Waals surface area (Å²) in [5, 5.41) is 9.90. The highest BCUT2D eigenvalue weighted by Gasteiger charge is 2.26. The zero-order valence-electron chi connectivity index (χ0n) is 9.98. The van der Waals surface area contributed by atoms with Crippen LogP contribution in [0.2, 0.25) is 10.0 Å². The minimum atomic E-state index is -0.959. The second-order valence-electron chi connectivity index (χ2n) is 4.03. The zero-order valence-corrected chi connectivity index (χ0v) is 11.5. The Morgan fingerprint density at radius 2 is 2.05 bits per heavy atom. The van der Waals surface area contributed by atoms with Crippen LogP contribution < -0.4 is 0 Å². The smallest absolute Gasteiger partial charge is 0.219 e. The van der Waals surface area contributed by atoms with Gasteiger partial charge in [0.1, 0.15) is 5.92 Å². The SMILES string of the molecule is Cc1ccoc1C(=O)C(C#N)c1ccc(Cl)c(Cl)c1. The van der Waals surface area contributed by atoms with Crippen LogP contribution in [0, 0.1) is 18.3 Å². The molecule has 0 radical (unpaired) electrons. The molecule has 3 nitrogen and oxygen atoms in total. The van der Waals surface area contributed by atoms with Crippen LogP contribution in [0.1, 0.15) is 27.6 Å². The highest BCUT2D eigenvalue weighted by atomic mass is 35.5. The monoisotopic (exact) mass is 293 g/mol. The molecule has 0 spiro atoms. The number of furan rings is 1. The number of ketones is 1. The van der Waals surface area contributed by atoms with Gasteiger partial charge in [-0.15, -0.1) is 0 Å². The number of carbonyl (C=O) groups is 1. The van der Waals surface area contributed by atoms with Gasteiger partial charge in [0.25, 0.3) is 0 Å². The van der Waals surface area contributed by atoms with Crippen molar-refractivity contribution in [1.29, 1.82) is 5.26 Å². The van der Waals surface area contributed by atoms with Gasteiger partial charge >= 0.3 is 0 Å². The molecule has 19 heavy (non-hydrogen) atoms. The van der Waals surface area contributed by atoms with Crippen LogP contribution in [0.15, 0.2) is 34.9 Å². The summed E-state index contributed by atoms with van der Waals surface area (Å²) in [7, 11) is 0. The Kier molecular flexibility index (Phi) is 3.94. The molecule has 0 fully saturated rings. The highest BCUT2D eigenvalue weighted by Crippen LogP contribution is 2.28. The number of rotatable bonds is 3. The van der Waals surface area contributed by atoms with E-state index in [1.807, 2.05) is 6.07 Å². The van der Waals surface area contributed by atoms with Crippen LogP contribution in [-0.4, -0.2) is 5.78 Å². The number of nitrogens with zero attached hydrogens (tertiary/aromatic N) is 1. The number of hydrogen-bond donors (Lipinski definition) is 0. The topological polar surface area (TPSA) is 54.0 Å². The molecule has 96 valence electrons. The van der Waals surface area contributed by atoms with Crippen molar-refractivity contribution in [2.45, 2.75) is 12.8 Å². The number of halogens is 2. The third kappa shape index (κ3) is 2.65. The van der Waals surface area contributed by atoms with E-state index in [0.29, 0.717) is 21.2 Å². The summed E-state index contributed by atoms with van der Waals surface area (Å²) in [5.74, 6) is -1.15.